The molecule has 28 heavy (non-hydrogen) atoms. The van der Waals surface area contributed by atoms with Crippen molar-refractivity contribution in [3.63, 3.8) is 0 Å². The summed E-state index contributed by atoms with van der Waals surface area (Å²) in [5.41, 5.74) is 1.24. The topological polar surface area (TPSA) is 77.8 Å². The van der Waals surface area contributed by atoms with Gasteiger partial charge >= 0.3 is 5.97 Å². The number of amides is 1. The zero-order valence-corrected chi connectivity index (χ0v) is 15.7. The Kier molecular flexibility index (Phi) is 5.63. The molecule has 1 heterocycles. The number of hydrogen-bond donors (Lipinski definition) is 1. The lowest BCUT2D eigenvalue weighted by Crippen LogP contribution is -2.35. The van der Waals surface area contributed by atoms with Crippen LogP contribution in [0, 0.1) is 12.7 Å². The van der Waals surface area contributed by atoms with Gasteiger partial charge in [-0.25, -0.2) is 9.18 Å². The van der Waals surface area contributed by atoms with Gasteiger partial charge in [0.15, 0.2) is 17.5 Å². The highest BCUT2D eigenvalue weighted by atomic mass is 19.1. The van der Waals surface area contributed by atoms with E-state index in [4.69, 9.17) is 13.9 Å². The Morgan fingerprint density at radius 2 is 1.93 bits per heavy atom. The number of carbonyl (C=O) groups excluding carboxylic acids is 2. The Morgan fingerprint density at radius 1 is 1.18 bits per heavy atom. The molecular weight excluding hydrogens is 365 g/mol. The Balaban J connectivity index is 1.66. The third-order valence-electron chi connectivity index (χ3n) is 4.40. The maximum Gasteiger partial charge on any atom is 0.375 e. The highest BCUT2D eigenvalue weighted by Gasteiger charge is 2.25. The molecule has 1 amide bonds. The van der Waals surface area contributed by atoms with Gasteiger partial charge in [0, 0.05) is 23.1 Å². The number of benzene rings is 2. The Bertz CT molecular complexity index is 1030. The number of para-hydroxylation sites is 2. The van der Waals surface area contributed by atoms with Crippen molar-refractivity contribution in [3.8, 4) is 5.75 Å². The maximum absolute atomic E-state index is 13.8. The summed E-state index contributed by atoms with van der Waals surface area (Å²) < 4.78 is 29.6. The molecule has 2 aromatic carbocycles. The maximum atomic E-state index is 13.8. The van der Waals surface area contributed by atoms with Crippen LogP contribution in [0.15, 0.2) is 46.9 Å². The van der Waals surface area contributed by atoms with Gasteiger partial charge in [0.05, 0.1) is 7.11 Å². The molecule has 0 aliphatic carbocycles. The van der Waals surface area contributed by atoms with Gasteiger partial charge in [-0.2, -0.15) is 0 Å². The number of hydrogen-bond acceptors (Lipinski definition) is 5. The van der Waals surface area contributed by atoms with Gasteiger partial charge in [-0.3, -0.25) is 4.79 Å². The molecule has 0 unspecified atom stereocenters. The summed E-state index contributed by atoms with van der Waals surface area (Å²) in [5.74, 6) is -1.34. The number of fused-ring (bicyclic) bond motifs is 1. The van der Waals surface area contributed by atoms with Crippen molar-refractivity contribution < 1.29 is 27.9 Å². The SMILES string of the molecule is COc1ccccc1CNC(=O)[C@@H](C)OC(=O)c1oc2c(F)cccc2c1C. The molecule has 0 saturated heterocycles. The Labute approximate surface area is 161 Å². The second-order valence-corrected chi connectivity index (χ2v) is 6.25. The van der Waals surface area contributed by atoms with Crippen molar-refractivity contribution in [1.82, 2.24) is 5.32 Å². The van der Waals surface area contributed by atoms with Crippen LogP contribution in [0.2, 0.25) is 0 Å². The van der Waals surface area contributed by atoms with Crippen molar-refractivity contribution in [2.75, 3.05) is 7.11 Å². The summed E-state index contributed by atoms with van der Waals surface area (Å²) in [4.78, 5) is 24.7. The summed E-state index contributed by atoms with van der Waals surface area (Å²) in [5, 5.41) is 3.18. The van der Waals surface area contributed by atoms with Crippen molar-refractivity contribution in [2.45, 2.75) is 26.5 Å². The number of methoxy groups -OCH3 is 1. The molecule has 0 bridgehead atoms. The number of aryl methyl sites for hydroxylation is 1. The van der Waals surface area contributed by atoms with E-state index in [1.54, 1.807) is 26.2 Å². The van der Waals surface area contributed by atoms with E-state index in [1.165, 1.54) is 19.1 Å². The first-order valence-corrected chi connectivity index (χ1v) is 8.70. The second kappa shape index (κ2) is 8.12. The van der Waals surface area contributed by atoms with Crippen molar-refractivity contribution in [2.24, 2.45) is 0 Å². The molecule has 3 aromatic rings. The number of ether oxygens (including phenoxy) is 2. The monoisotopic (exact) mass is 385 g/mol. The molecule has 0 aliphatic heterocycles. The van der Waals surface area contributed by atoms with E-state index in [9.17, 15) is 14.0 Å². The van der Waals surface area contributed by atoms with Gasteiger partial charge in [-0.15, -0.1) is 0 Å². The predicted molar refractivity (Wildman–Crippen MR) is 101 cm³/mol. The van der Waals surface area contributed by atoms with Gasteiger partial charge < -0.3 is 19.2 Å². The zero-order valence-electron chi connectivity index (χ0n) is 15.7. The number of nitrogens with one attached hydrogen (secondary N) is 1. The molecule has 146 valence electrons. The smallest absolute Gasteiger partial charge is 0.375 e. The van der Waals surface area contributed by atoms with Crippen molar-refractivity contribution >= 4 is 22.8 Å². The Hall–Kier alpha value is -3.35. The van der Waals surface area contributed by atoms with Crippen molar-refractivity contribution in [3.05, 3.63) is 65.2 Å². The number of carbonyl (C=O) groups is 2. The molecule has 1 N–H and O–H groups in total. The van der Waals surface area contributed by atoms with E-state index >= 15 is 0 Å². The Morgan fingerprint density at radius 3 is 2.64 bits per heavy atom. The molecule has 0 radical (unpaired) electrons. The lowest BCUT2D eigenvalue weighted by molar-refractivity contribution is -0.129. The highest BCUT2D eigenvalue weighted by molar-refractivity contribution is 5.97. The zero-order chi connectivity index (χ0) is 20.3. The van der Waals surface area contributed by atoms with Crippen LogP contribution in [0.1, 0.15) is 28.6 Å². The van der Waals surface area contributed by atoms with Crippen LogP contribution < -0.4 is 10.1 Å². The van der Waals surface area contributed by atoms with Crippen LogP contribution in [0.4, 0.5) is 4.39 Å². The van der Waals surface area contributed by atoms with E-state index in [2.05, 4.69) is 5.32 Å². The minimum absolute atomic E-state index is 0.0137. The average molecular weight is 385 g/mol. The molecule has 1 atom stereocenters. The second-order valence-electron chi connectivity index (χ2n) is 6.25. The molecule has 0 aliphatic rings. The van der Waals surface area contributed by atoms with Crippen LogP contribution in [-0.4, -0.2) is 25.1 Å². The van der Waals surface area contributed by atoms with Gasteiger partial charge in [-0.1, -0.05) is 30.3 Å². The first-order valence-electron chi connectivity index (χ1n) is 8.70. The molecule has 0 spiro atoms. The fourth-order valence-electron chi connectivity index (χ4n) is 2.85. The molecular formula is C21H20FNO5. The summed E-state index contributed by atoms with van der Waals surface area (Å²) in [6.45, 7) is 3.31. The first-order chi connectivity index (χ1) is 13.4. The molecule has 0 fully saturated rings. The van der Waals surface area contributed by atoms with Crippen LogP contribution in [0.25, 0.3) is 11.0 Å². The van der Waals surface area contributed by atoms with Crippen LogP contribution >= 0.6 is 0 Å². The predicted octanol–water partition coefficient (Wildman–Crippen LogP) is 3.75. The lowest BCUT2D eigenvalue weighted by atomic mass is 10.1. The molecule has 6 nitrogen and oxygen atoms in total. The normalized spacial score (nSPS) is 11.9. The van der Waals surface area contributed by atoms with Gasteiger partial charge in [-0.05, 0) is 26.0 Å². The fraction of sp³-hybridized carbons (Fsp3) is 0.238. The molecule has 0 saturated carbocycles. The van der Waals surface area contributed by atoms with E-state index < -0.39 is 23.8 Å². The van der Waals surface area contributed by atoms with E-state index in [1.807, 2.05) is 18.2 Å². The average Bonchev–Trinajstić information content (AvgIpc) is 3.04. The van der Waals surface area contributed by atoms with Crippen LogP contribution in [-0.2, 0) is 16.1 Å². The summed E-state index contributed by atoms with van der Waals surface area (Å²) >= 11 is 0. The largest absolute Gasteiger partial charge is 0.496 e. The molecule has 1 aromatic heterocycles. The number of halogens is 1. The minimum Gasteiger partial charge on any atom is -0.496 e. The quantitative estimate of drug-likeness (QED) is 0.654. The van der Waals surface area contributed by atoms with Crippen LogP contribution in [0.3, 0.4) is 0 Å². The third-order valence-corrected chi connectivity index (χ3v) is 4.40. The number of esters is 1. The summed E-state index contributed by atoms with van der Waals surface area (Å²) in [7, 11) is 1.55. The van der Waals surface area contributed by atoms with Gasteiger partial charge in [0.1, 0.15) is 5.75 Å². The van der Waals surface area contributed by atoms with Crippen molar-refractivity contribution in [1.29, 1.82) is 0 Å². The summed E-state index contributed by atoms with van der Waals surface area (Å²) in [6, 6.07) is 11.7. The highest BCUT2D eigenvalue weighted by Crippen LogP contribution is 2.28. The molecule has 7 heteroatoms. The van der Waals surface area contributed by atoms with Crippen LogP contribution in [0.5, 0.6) is 5.75 Å². The van der Waals surface area contributed by atoms with E-state index in [-0.39, 0.29) is 17.9 Å². The lowest BCUT2D eigenvalue weighted by Gasteiger charge is -2.14. The number of furan rings is 1. The minimum atomic E-state index is -1.06. The van der Waals surface area contributed by atoms with Gasteiger partial charge in [0.2, 0.25) is 5.76 Å². The van der Waals surface area contributed by atoms with E-state index in [0.29, 0.717) is 16.7 Å². The first kappa shape index (κ1) is 19.4. The number of rotatable bonds is 6. The third kappa shape index (κ3) is 3.83. The van der Waals surface area contributed by atoms with Gasteiger partial charge in [0.25, 0.3) is 5.91 Å². The summed E-state index contributed by atoms with van der Waals surface area (Å²) in [6.07, 6.45) is -1.06. The standard InChI is InChI=1S/C21H20FNO5/c1-12-15-8-6-9-16(22)19(15)28-18(12)21(25)27-13(2)20(24)23-11-14-7-4-5-10-17(14)26-3/h4-10,13H,11H2,1-3H3,(H,23,24)/t13-/m1/s1. The van der Waals surface area contributed by atoms with E-state index in [0.717, 1.165) is 5.56 Å². The fourth-order valence-corrected chi connectivity index (χ4v) is 2.85. The molecule has 3 rings (SSSR count).